The summed E-state index contributed by atoms with van der Waals surface area (Å²) in [6.07, 6.45) is 0.163. The summed E-state index contributed by atoms with van der Waals surface area (Å²) in [7, 11) is 0. The fourth-order valence-corrected chi connectivity index (χ4v) is 2.93. The Hall–Kier alpha value is -2.53. The molecule has 2 atom stereocenters. The fraction of sp³-hybridized carbons (Fsp3) is 0.643. The van der Waals surface area contributed by atoms with Crippen LogP contribution in [0.25, 0.3) is 5.82 Å². The van der Waals surface area contributed by atoms with Gasteiger partial charge in [0, 0.05) is 19.6 Å². The normalized spacial score (nSPS) is 21.4. The summed E-state index contributed by atoms with van der Waals surface area (Å²) >= 11 is 0. The van der Waals surface area contributed by atoms with E-state index in [0.29, 0.717) is 25.3 Å². The van der Waals surface area contributed by atoms with E-state index in [1.54, 1.807) is 6.92 Å². The first-order valence-corrected chi connectivity index (χ1v) is 8.07. The standard InChI is InChI=1S/C14H21N7O4/c1-4-23-14(22)11-10(7-20-5-8(2)24-9(3)6-20)21(19-16-11)13-12(15)17-25-18-13/h8-9H,4-7H2,1-3H3,(H2,15,17)/t8-,9+. The number of carbonyl (C=O) groups is 1. The Bertz CT molecular complexity index is 733. The number of nitrogens with zero attached hydrogens (tertiary/aromatic N) is 6. The molecule has 1 fully saturated rings. The summed E-state index contributed by atoms with van der Waals surface area (Å²) in [5.41, 5.74) is 6.39. The van der Waals surface area contributed by atoms with E-state index >= 15 is 0 Å². The molecule has 0 bridgehead atoms. The largest absolute Gasteiger partial charge is 0.461 e. The van der Waals surface area contributed by atoms with Crippen molar-refractivity contribution in [3.63, 3.8) is 0 Å². The highest BCUT2D eigenvalue weighted by Gasteiger charge is 2.29. The van der Waals surface area contributed by atoms with Crippen LogP contribution in [0.15, 0.2) is 4.63 Å². The molecular weight excluding hydrogens is 330 g/mol. The lowest BCUT2D eigenvalue weighted by Crippen LogP contribution is -2.45. The van der Waals surface area contributed by atoms with Gasteiger partial charge in [-0.3, -0.25) is 4.90 Å². The van der Waals surface area contributed by atoms with Crippen LogP contribution in [-0.2, 0) is 16.0 Å². The van der Waals surface area contributed by atoms with E-state index in [-0.39, 0.29) is 36.1 Å². The lowest BCUT2D eigenvalue weighted by Gasteiger charge is -2.35. The van der Waals surface area contributed by atoms with Crippen molar-refractivity contribution in [1.29, 1.82) is 0 Å². The number of ether oxygens (including phenoxy) is 2. The van der Waals surface area contributed by atoms with Crippen molar-refractivity contribution >= 4 is 11.8 Å². The van der Waals surface area contributed by atoms with Gasteiger partial charge in [0.15, 0.2) is 5.69 Å². The van der Waals surface area contributed by atoms with E-state index in [1.165, 1.54) is 4.68 Å². The van der Waals surface area contributed by atoms with Crippen LogP contribution < -0.4 is 5.73 Å². The highest BCUT2D eigenvalue weighted by Crippen LogP contribution is 2.20. The number of rotatable bonds is 5. The van der Waals surface area contributed by atoms with Crippen molar-refractivity contribution in [2.75, 3.05) is 25.4 Å². The van der Waals surface area contributed by atoms with Gasteiger partial charge >= 0.3 is 5.97 Å². The van der Waals surface area contributed by atoms with E-state index in [2.05, 4.69) is 30.2 Å². The molecule has 0 aliphatic carbocycles. The molecule has 1 aliphatic rings. The van der Waals surface area contributed by atoms with E-state index in [1.807, 2.05) is 13.8 Å². The Morgan fingerprint density at radius 3 is 2.64 bits per heavy atom. The molecule has 11 nitrogen and oxygen atoms in total. The minimum atomic E-state index is -0.548. The van der Waals surface area contributed by atoms with E-state index in [0.717, 1.165) is 0 Å². The summed E-state index contributed by atoms with van der Waals surface area (Å²) in [5.74, 6) is -0.300. The smallest absolute Gasteiger partial charge is 0.360 e. The molecule has 3 rings (SSSR count). The van der Waals surface area contributed by atoms with Crippen LogP contribution in [0.4, 0.5) is 5.82 Å². The van der Waals surface area contributed by atoms with Crippen LogP contribution in [0.1, 0.15) is 37.0 Å². The third kappa shape index (κ3) is 3.61. The maximum atomic E-state index is 12.2. The molecule has 0 aromatic carbocycles. The van der Waals surface area contributed by atoms with E-state index < -0.39 is 5.97 Å². The summed E-state index contributed by atoms with van der Waals surface area (Å²) in [6, 6.07) is 0. The third-order valence-corrected chi connectivity index (χ3v) is 3.80. The lowest BCUT2D eigenvalue weighted by molar-refractivity contribution is -0.0709. The van der Waals surface area contributed by atoms with Gasteiger partial charge < -0.3 is 15.2 Å². The van der Waals surface area contributed by atoms with Crippen LogP contribution in [0, 0.1) is 0 Å². The zero-order valence-electron chi connectivity index (χ0n) is 14.4. The van der Waals surface area contributed by atoms with Crippen molar-refractivity contribution in [2.45, 2.75) is 39.5 Å². The number of aromatic nitrogens is 5. The molecule has 25 heavy (non-hydrogen) atoms. The molecule has 2 aromatic heterocycles. The molecule has 0 saturated carbocycles. The number of anilines is 1. The van der Waals surface area contributed by atoms with Gasteiger partial charge in [0.25, 0.3) is 0 Å². The molecule has 136 valence electrons. The maximum absolute atomic E-state index is 12.2. The Morgan fingerprint density at radius 2 is 2.04 bits per heavy atom. The van der Waals surface area contributed by atoms with Gasteiger partial charge in [-0.15, -0.1) is 5.10 Å². The summed E-state index contributed by atoms with van der Waals surface area (Å²) < 4.78 is 16.8. The van der Waals surface area contributed by atoms with E-state index in [9.17, 15) is 4.79 Å². The Labute approximate surface area is 144 Å². The van der Waals surface area contributed by atoms with Gasteiger partial charge in [-0.25, -0.2) is 9.42 Å². The van der Waals surface area contributed by atoms with Crippen molar-refractivity contribution in [3.05, 3.63) is 11.4 Å². The summed E-state index contributed by atoms with van der Waals surface area (Å²) in [4.78, 5) is 14.4. The Kier molecular flexibility index (Phi) is 4.95. The molecule has 0 unspecified atom stereocenters. The number of hydrogen-bond donors (Lipinski definition) is 1. The second-order valence-electron chi connectivity index (χ2n) is 5.94. The maximum Gasteiger partial charge on any atom is 0.360 e. The summed E-state index contributed by atoms with van der Waals surface area (Å²) in [5, 5.41) is 15.2. The van der Waals surface area contributed by atoms with Crippen molar-refractivity contribution in [3.8, 4) is 5.82 Å². The monoisotopic (exact) mass is 351 g/mol. The SMILES string of the molecule is CCOC(=O)c1nnn(-c2nonc2N)c1CN1C[C@@H](C)O[C@@H](C)C1. The third-order valence-electron chi connectivity index (χ3n) is 3.80. The Morgan fingerprint density at radius 1 is 1.32 bits per heavy atom. The van der Waals surface area contributed by atoms with Gasteiger partial charge in [-0.2, -0.15) is 4.68 Å². The number of esters is 1. The highest BCUT2D eigenvalue weighted by molar-refractivity contribution is 5.88. The Balaban J connectivity index is 1.95. The molecule has 0 amide bonds. The minimum Gasteiger partial charge on any atom is -0.461 e. The average molecular weight is 351 g/mol. The van der Waals surface area contributed by atoms with Crippen molar-refractivity contribution in [1.82, 2.24) is 30.2 Å². The number of nitrogens with two attached hydrogens (primary N) is 1. The average Bonchev–Trinajstić information content (AvgIpc) is 3.12. The zero-order valence-corrected chi connectivity index (χ0v) is 14.4. The number of morpholine rings is 1. The van der Waals surface area contributed by atoms with E-state index in [4.69, 9.17) is 15.2 Å². The second-order valence-corrected chi connectivity index (χ2v) is 5.94. The van der Waals surface area contributed by atoms with Gasteiger partial charge in [0.1, 0.15) is 0 Å². The topological polar surface area (TPSA) is 134 Å². The highest BCUT2D eigenvalue weighted by atomic mass is 16.6. The molecule has 1 saturated heterocycles. The molecule has 0 spiro atoms. The minimum absolute atomic E-state index is 0.0604. The zero-order chi connectivity index (χ0) is 18.0. The molecule has 11 heteroatoms. The predicted molar refractivity (Wildman–Crippen MR) is 84.9 cm³/mol. The van der Waals surface area contributed by atoms with Crippen LogP contribution in [0.2, 0.25) is 0 Å². The molecule has 2 N–H and O–H groups in total. The fourth-order valence-electron chi connectivity index (χ4n) is 2.93. The van der Waals surface area contributed by atoms with Crippen molar-refractivity contribution in [2.24, 2.45) is 0 Å². The number of carbonyl (C=O) groups excluding carboxylic acids is 1. The molecular formula is C14H21N7O4. The van der Waals surface area contributed by atoms with Gasteiger partial charge in [-0.1, -0.05) is 5.21 Å². The van der Waals surface area contributed by atoms with Gasteiger partial charge in [0.2, 0.25) is 11.6 Å². The second kappa shape index (κ2) is 7.15. The lowest BCUT2D eigenvalue weighted by atomic mass is 10.2. The van der Waals surface area contributed by atoms with Crippen LogP contribution in [0.5, 0.6) is 0 Å². The van der Waals surface area contributed by atoms with Crippen LogP contribution in [0.3, 0.4) is 0 Å². The van der Waals surface area contributed by atoms with Gasteiger partial charge in [-0.05, 0) is 31.1 Å². The first-order chi connectivity index (χ1) is 12.0. The van der Waals surface area contributed by atoms with Gasteiger partial charge in [0.05, 0.1) is 24.5 Å². The predicted octanol–water partition coefficient (Wildman–Crippen LogP) is 0.0184. The summed E-state index contributed by atoms with van der Waals surface area (Å²) in [6.45, 7) is 7.81. The molecule has 0 radical (unpaired) electrons. The number of hydrogen-bond acceptors (Lipinski definition) is 10. The van der Waals surface area contributed by atoms with Crippen LogP contribution in [-0.4, -0.2) is 68.1 Å². The first kappa shape index (κ1) is 17.3. The van der Waals surface area contributed by atoms with Crippen molar-refractivity contribution < 1.29 is 18.9 Å². The first-order valence-electron chi connectivity index (χ1n) is 8.07. The number of nitrogen functional groups attached to an aromatic ring is 1. The van der Waals surface area contributed by atoms with Crippen LogP contribution >= 0.6 is 0 Å². The quantitative estimate of drug-likeness (QED) is 0.734. The molecule has 2 aromatic rings. The molecule has 1 aliphatic heterocycles. The molecule has 3 heterocycles.